The third kappa shape index (κ3) is 2.91. The Morgan fingerprint density at radius 2 is 2.54 bits per heavy atom. The van der Waals surface area contributed by atoms with Crippen molar-refractivity contribution in [1.82, 2.24) is 5.32 Å². The van der Waals surface area contributed by atoms with Gasteiger partial charge in [-0.25, -0.2) is 0 Å². The summed E-state index contributed by atoms with van der Waals surface area (Å²) in [6, 6.07) is 1.95. The van der Waals surface area contributed by atoms with Crippen molar-refractivity contribution in [3.8, 4) is 0 Å². The minimum atomic E-state index is -0.268. The molecule has 1 aromatic heterocycles. The van der Waals surface area contributed by atoms with Gasteiger partial charge in [0.25, 0.3) is 0 Å². The molecule has 0 saturated carbocycles. The molecule has 72 valence electrons. The van der Waals surface area contributed by atoms with Gasteiger partial charge in [-0.2, -0.15) is 0 Å². The molecule has 0 saturated heterocycles. The predicted molar refractivity (Wildman–Crippen MR) is 47.1 cm³/mol. The highest BCUT2D eigenvalue weighted by Crippen LogP contribution is 2.11. The van der Waals surface area contributed by atoms with Gasteiger partial charge in [-0.15, -0.1) is 0 Å². The molecule has 0 amide bonds. The summed E-state index contributed by atoms with van der Waals surface area (Å²) in [5.74, 6) is -0.268. The fraction of sp³-hybridized carbons (Fsp3) is 0.444. The highest BCUT2D eigenvalue weighted by Gasteiger charge is 2.07. The second-order valence-electron chi connectivity index (χ2n) is 2.74. The minimum absolute atomic E-state index is 0.0952. The number of hydrogen-bond donors (Lipinski definition) is 1. The number of furan rings is 1. The molecule has 0 fully saturated rings. The monoisotopic (exact) mass is 183 g/mol. The predicted octanol–water partition coefficient (Wildman–Crippen LogP) is 1.10. The van der Waals surface area contributed by atoms with Crippen LogP contribution in [0, 0.1) is 0 Å². The first-order valence-electron chi connectivity index (χ1n) is 4.06. The summed E-state index contributed by atoms with van der Waals surface area (Å²) in [6.45, 7) is 2.16. The molecule has 4 nitrogen and oxygen atoms in total. The van der Waals surface area contributed by atoms with Crippen molar-refractivity contribution in [1.29, 1.82) is 0 Å². The van der Waals surface area contributed by atoms with Gasteiger partial charge in [0, 0.05) is 11.6 Å². The summed E-state index contributed by atoms with van der Waals surface area (Å²) < 4.78 is 9.41. The highest BCUT2D eigenvalue weighted by molar-refractivity contribution is 5.71. The lowest BCUT2D eigenvalue weighted by Crippen LogP contribution is -2.26. The van der Waals surface area contributed by atoms with E-state index in [1.54, 1.807) is 12.5 Å². The van der Waals surface area contributed by atoms with Gasteiger partial charge in [0.05, 0.1) is 26.2 Å². The first-order chi connectivity index (χ1) is 6.24. The number of carbonyl (C=O) groups excluding carboxylic acids is 1. The minimum Gasteiger partial charge on any atom is -0.472 e. The van der Waals surface area contributed by atoms with Gasteiger partial charge < -0.3 is 14.5 Å². The van der Waals surface area contributed by atoms with E-state index in [9.17, 15) is 4.79 Å². The maximum atomic E-state index is 10.8. The average Bonchev–Trinajstić information content (AvgIpc) is 2.66. The van der Waals surface area contributed by atoms with Crippen molar-refractivity contribution >= 4 is 5.97 Å². The van der Waals surface area contributed by atoms with Crippen LogP contribution in [-0.2, 0) is 9.53 Å². The van der Waals surface area contributed by atoms with Gasteiger partial charge in [-0.3, -0.25) is 4.79 Å². The molecule has 0 aliphatic carbocycles. The van der Waals surface area contributed by atoms with Crippen LogP contribution in [0.1, 0.15) is 18.5 Å². The molecular formula is C9H13NO3. The summed E-state index contributed by atoms with van der Waals surface area (Å²) in [4.78, 5) is 10.8. The Labute approximate surface area is 76.9 Å². The normalized spacial score (nSPS) is 12.5. The number of methoxy groups -OCH3 is 1. The van der Waals surface area contributed by atoms with E-state index >= 15 is 0 Å². The summed E-state index contributed by atoms with van der Waals surface area (Å²) >= 11 is 0. The largest absolute Gasteiger partial charge is 0.472 e. The van der Waals surface area contributed by atoms with E-state index in [0.717, 1.165) is 5.56 Å². The lowest BCUT2D eigenvalue weighted by molar-refractivity contribution is -0.139. The van der Waals surface area contributed by atoms with Crippen LogP contribution in [0.3, 0.4) is 0 Å². The molecule has 0 aliphatic rings. The number of rotatable bonds is 4. The van der Waals surface area contributed by atoms with Crippen LogP contribution in [0.25, 0.3) is 0 Å². The lowest BCUT2D eigenvalue weighted by Gasteiger charge is -2.09. The molecule has 0 aliphatic heterocycles. The van der Waals surface area contributed by atoms with Crippen molar-refractivity contribution in [2.24, 2.45) is 0 Å². The molecule has 1 atom stereocenters. The van der Waals surface area contributed by atoms with Crippen molar-refractivity contribution in [2.45, 2.75) is 13.0 Å². The van der Waals surface area contributed by atoms with E-state index in [1.165, 1.54) is 7.11 Å². The maximum Gasteiger partial charge on any atom is 0.319 e. The first kappa shape index (κ1) is 9.80. The van der Waals surface area contributed by atoms with Gasteiger partial charge in [0.2, 0.25) is 0 Å². The molecule has 0 aromatic carbocycles. The second-order valence-corrected chi connectivity index (χ2v) is 2.74. The van der Waals surface area contributed by atoms with Crippen LogP contribution in [0.15, 0.2) is 23.0 Å². The zero-order chi connectivity index (χ0) is 9.68. The van der Waals surface area contributed by atoms with E-state index in [4.69, 9.17) is 4.42 Å². The van der Waals surface area contributed by atoms with Crippen LogP contribution in [0.2, 0.25) is 0 Å². The molecule has 1 N–H and O–H groups in total. The SMILES string of the molecule is COC(=O)CNC(C)c1ccoc1. The molecule has 1 unspecified atom stereocenters. The van der Waals surface area contributed by atoms with Gasteiger partial charge in [-0.05, 0) is 13.0 Å². The Balaban J connectivity index is 2.34. The summed E-state index contributed by atoms with van der Waals surface area (Å²) in [7, 11) is 1.37. The highest BCUT2D eigenvalue weighted by atomic mass is 16.5. The van der Waals surface area contributed by atoms with Crippen LogP contribution in [0.5, 0.6) is 0 Å². The third-order valence-corrected chi connectivity index (χ3v) is 1.82. The van der Waals surface area contributed by atoms with Crippen molar-refractivity contribution in [2.75, 3.05) is 13.7 Å². The fourth-order valence-corrected chi connectivity index (χ4v) is 0.948. The number of hydrogen-bond acceptors (Lipinski definition) is 4. The molecular weight excluding hydrogens is 170 g/mol. The summed E-state index contributed by atoms with van der Waals surface area (Å²) in [5, 5.41) is 3.00. The second kappa shape index (κ2) is 4.67. The first-order valence-corrected chi connectivity index (χ1v) is 4.06. The Bertz CT molecular complexity index is 256. The van der Waals surface area contributed by atoms with E-state index in [1.807, 2.05) is 13.0 Å². The molecule has 0 spiro atoms. The molecule has 1 aromatic rings. The third-order valence-electron chi connectivity index (χ3n) is 1.82. The molecule has 13 heavy (non-hydrogen) atoms. The van der Waals surface area contributed by atoms with Gasteiger partial charge in [0.15, 0.2) is 0 Å². The number of esters is 1. The molecule has 4 heteroatoms. The zero-order valence-corrected chi connectivity index (χ0v) is 7.74. The van der Waals surface area contributed by atoms with Crippen LogP contribution in [0.4, 0.5) is 0 Å². The summed E-state index contributed by atoms with van der Waals surface area (Å²) in [6.07, 6.45) is 3.25. The van der Waals surface area contributed by atoms with E-state index in [-0.39, 0.29) is 18.6 Å². The Morgan fingerprint density at radius 3 is 3.08 bits per heavy atom. The summed E-state index contributed by atoms with van der Waals surface area (Å²) in [5.41, 5.74) is 1.02. The smallest absolute Gasteiger partial charge is 0.319 e. The van der Waals surface area contributed by atoms with E-state index < -0.39 is 0 Å². The maximum absolute atomic E-state index is 10.8. The van der Waals surface area contributed by atoms with Crippen LogP contribution >= 0.6 is 0 Å². The average molecular weight is 183 g/mol. The molecule has 1 rings (SSSR count). The van der Waals surface area contributed by atoms with Gasteiger partial charge >= 0.3 is 5.97 Å². The number of nitrogens with one attached hydrogen (secondary N) is 1. The quantitative estimate of drug-likeness (QED) is 0.710. The van der Waals surface area contributed by atoms with Gasteiger partial charge in [0.1, 0.15) is 0 Å². The Morgan fingerprint density at radius 1 is 1.77 bits per heavy atom. The van der Waals surface area contributed by atoms with Crippen LogP contribution < -0.4 is 5.32 Å². The number of carbonyl (C=O) groups is 1. The molecule has 0 bridgehead atoms. The number of ether oxygens (including phenoxy) is 1. The van der Waals surface area contributed by atoms with Crippen molar-refractivity contribution in [3.05, 3.63) is 24.2 Å². The lowest BCUT2D eigenvalue weighted by atomic mass is 10.2. The Kier molecular flexibility index (Phi) is 3.52. The van der Waals surface area contributed by atoms with E-state index in [2.05, 4.69) is 10.1 Å². The fourth-order valence-electron chi connectivity index (χ4n) is 0.948. The molecule has 1 heterocycles. The van der Waals surface area contributed by atoms with Crippen molar-refractivity contribution < 1.29 is 13.9 Å². The molecule has 0 radical (unpaired) electrons. The van der Waals surface area contributed by atoms with E-state index in [0.29, 0.717) is 0 Å². The Hall–Kier alpha value is -1.29. The van der Waals surface area contributed by atoms with Crippen molar-refractivity contribution in [3.63, 3.8) is 0 Å². The standard InChI is InChI=1S/C9H13NO3/c1-7(8-3-4-13-6-8)10-5-9(11)12-2/h3-4,6-7,10H,5H2,1-2H3. The topological polar surface area (TPSA) is 51.5 Å². The van der Waals surface area contributed by atoms with Gasteiger partial charge in [-0.1, -0.05) is 0 Å². The zero-order valence-electron chi connectivity index (χ0n) is 7.74. The van der Waals surface area contributed by atoms with Crippen LogP contribution in [-0.4, -0.2) is 19.6 Å².